The van der Waals surface area contributed by atoms with Crippen LogP contribution in [0, 0.1) is 5.92 Å². The Bertz CT molecular complexity index is 699. The Morgan fingerprint density at radius 2 is 1.85 bits per heavy atom. The second kappa shape index (κ2) is 7.33. The molecule has 1 aromatic heterocycles. The molecule has 1 saturated heterocycles. The first kappa shape index (κ1) is 17.4. The van der Waals surface area contributed by atoms with Gasteiger partial charge in [0.1, 0.15) is 0 Å². The number of hydrogen-bond donors (Lipinski definition) is 0. The van der Waals surface area contributed by atoms with Gasteiger partial charge in [-0.25, -0.2) is 9.97 Å². The number of carbonyl (C=O) groups excluding carboxylic acids is 2. The lowest BCUT2D eigenvalue weighted by atomic mass is 9.99. The molecule has 0 bridgehead atoms. The molecule has 2 amide bonds. The molecular weight excluding hydrogens is 328 g/mol. The number of likely N-dealkylation sites (tertiary alicyclic amines) is 1. The van der Waals surface area contributed by atoms with Crippen LogP contribution in [-0.2, 0) is 22.6 Å². The van der Waals surface area contributed by atoms with Crippen LogP contribution in [0.3, 0.4) is 0 Å². The standard InChI is InChI=1S/C20H28N4O2/c1-14(25)24-10-5-4-8-18(24)19-21-12-16-13-23(11-9-17(16)22-19)20(26)15-6-2-3-7-15/h12,15,18H,2-11,13H2,1H3. The molecule has 0 spiro atoms. The van der Waals surface area contributed by atoms with Crippen LogP contribution in [0.2, 0.25) is 0 Å². The number of amides is 2. The van der Waals surface area contributed by atoms with Crippen LogP contribution in [0.5, 0.6) is 0 Å². The predicted molar refractivity (Wildman–Crippen MR) is 97.1 cm³/mol. The summed E-state index contributed by atoms with van der Waals surface area (Å²) in [6.07, 6.45) is 10.2. The van der Waals surface area contributed by atoms with Crippen LogP contribution < -0.4 is 0 Å². The van der Waals surface area contributed by atoms with Gasteiger partial charge in [-0.05, 0) is 32.1 Å². The Labute approximate surface area is 155 Å². The van der Waals surface area contributed by atoms with Gasteiger partial charge >= 0.3 is 0 Å². The van der Waals surface area contributed by atoms with Gasteiger partial charge in [0.05, 0.1) is 11.7 Å². The number of piperidine rings is 1. The van der Waals surface area contributed by atoms with Crippen LogP contribution in [0.15, 0.2) is 6.20 Å². The lowest BCUT2D eigenvalue weighted by Gasteiger charge is -2.35. The van der Waals surface area contributed by atoms with E-state index >= 15 is 0 Å². The Balaban J connectivity index is 1.50. The van der Waals surface area contributed by atoms with E-state index in [4.69, 9.17) is 4.98 Å². The van der Waals surface area contributed by atoms with Gasteiger partial charge in [-0.1, -0.05) is 12.8 Å². The van der Waals surface area contributed by atoms with Crippen LogP contribution in [0.25, 0.3) is 0 Å². The summed E-state index contributed by atoms with van der Waals surface area (Å²) in [5.74, 6) is 1.41. The fourth-order valence-corrected chi connectivity index (χ4v) is 4.69. The monoisotopic (exact) mass is 356 g/mol. The SMILES string of the molecule is CC(=O)N1CCCCC1c1ncc2c(n1)CCN(C(=O)C1CCCC1)C2. The molecule has 1 aromatic rings. The molecule has 1 aliphatic carbocycles. The molecule has 2 aliphatic heterocycles. The highest BCUT2D eigenvalue weighted by Gasteiger charge is 2.32. The largest absolute Gasteiger partial charge is 0.338 e. The first-order valence-corrected chi connectivity index (χ1v) is 10.0. The van der Waals surface area contributed by atoms with Crippen molar-refractivity contribution in [2.75, 3.05) is 13.1 Å². The number of carbonyl (C=O) groups is 2. The van der Waals surface area contributed by atoms with Gasteiger partial charge in [0.25, 0.3) is 0 Å². The first-order chi connectivity index (χ1) is 12.6. The smallest absolute Gasteiger partial charge is 0.225 e. The summed E-state index contributed by atoms with van der Waals surface area (Å²) >= 11 is 0. The van der Waals surface area contributed by atoms with Gasteiger partial charge in [0.15, 0.2) is 5.82 Å². The third kappa shape index (κ3) is 3.33. The molecule has 3 aliphatic rings. The Kier molecular flexibility index (Phi) is 4.92. The highest BCUT2D eigenvalue weighted by Crippen LogP contribution is 2.31. The van der Waals surface area contributed by atoms with Crippen molar-refractivity contribution in [2.24, 2.45) is 5.92 Å². The van der Waals surface area contributed by atoms with E-state index in [0.29, 0.717) is 12.5 Å². The van der Waals surface area contributed by atoms with Crippen molar-refractivity contribution in [3.63, 3.8) is 0 Å². The Hall–Kier alpha value is -1.98. The van der Waals surface area contributed by atoms with E-state index in [9.17, 15) is 9.59 Å². The maximum absolute atomic E-state index is 12.7. The maximum Gasteiger partial charge on any atom is 0.225 e. The molecular formula is C20H28N4O2. The van der Waals surface area contributed by atoms with Crippen molar-refractivity contribution < 1.29 is 9.59 Å². The van der Waals surface area contributed by atoms with Crippen LogP contribution >= 0.6 is 0 Å². The van der Waals surface area contributed by atoms with Crippen LogP contribution in [0.1, 0.15) is 75.0 Å². The summed E-state index contributed by atoms with van der Waals surface area (Å²) in [5, 5.41) is 0. The highest BCUT2D eigenvalue weighted by molar-refractivity contribution is 5.79. The predicted octanol–water partition coefficient (Wildman–Crippen LogP) is 2.63. The zero-order chi connectivity index (χ0) is 18.1. The van der Waals surface area contributed by atoms with Crippen LogP contribution in [0.4, 0.5) is 0 Å². The van der Waals surface area contributed by atoms with Crippen molar-refractivity contribution in [3.05, 3.63) is 23.3 Å². The second-order valence-electron chi connectivity index (χ2n) is 7.92. The zero-order valence-corrected chi connectivity index (χ0v) is 15.6. The molecule has 2 fully saturated rings. The van der Waals surface area contributed by atoms with Crippen LogP contribution in [-0.4, -0.2) is 44.7 Å². The summed E-state index contributed by atoms with van der Waals surface area (Å²) in [5.41, 5.74) is 2.12. The molecule has 1 saturated carbocycles. The van der Waals surface area contributed by atoms with Gasteiger partial charge in [-0.15, -0.1) is 0 Å². The minimum absolute atomic E-state index is 0.00435. The molecule has 6 heteroatoms. The average Bonchev–Trinajstić information content (AvgIpc) is 3.21. The van der Waals surface area contributed by atoms with Crippen molar-refractivity contribution in [1.82, 2.24) is 19.8 Å². The minimum Gasteiger partial charge on any atom is -0.338 e. The molecule has 1 atom stereocenters. The van der Waals surface area contributed by atoms with Crippen molar-refractivity contribution in [2.45, 2.75) is 70.9 Å². The van der Waals surface area contributed by atoms with E-state index in [0.717, 1.165) is 68.7 Å². The van der Waals surface area contributed by atoms with Crippen molar-refractivity contribution in [3.8, 4) is 0 Å². The molecule has 0 aromatic carbocycles. The third-order valence-corrected chi connectivity index (χ3v) is 6.17. The summed E-state index contributed by atoms with van der Waals surface area (Å²) in [7, 11) is 0. The molecule has 140 valence electrons. The number of rotatable bonds is 2. The Morgan fingerprint density at radius 1 is 1.08 bits per heavy atom. The molecule has 4 rings (SSSR count). The number of fused-ring (bicyclic) bond motifs is 1. The number of nitrogens with zero attached hydrogens (tertiary/aromatic N) is 4. The number of hydrogen-bond acceptors (Lipinski definition) is 4. The van der Waals surface area contributed by atoms with Gasteiger partial charge in [-0.2, -0.15) is 0 Å². The van der Waals surface area contributed by atoms with Gasteiger partial charge in [-0.3, -0.25) is 9.59 Å². The molecule has 6 nitrogen and oxygen atoms in total. The average molecular weight is 356 g/mol. The molecule has 1 unspecified atom stereocenters. The molecule has 0 N–H and O–H groups in total. The van der Waals surface area contributed by atoms with Gasteiger partial charge in [0.2, 0.25) is 11.8 Å². The lowest BCUT2D eigenvalue weighted by molar-refractivity contribution is -0.136. The van der Waals surface area contributed by atoms with Gasteiger partial charge in [0, 0.05) is 50.7 Å². The highest BCUT2D eigenvalue weighted by atomic mass is 16.2. The van der Waals surface area contributed by atoms with Crippen molar-refractivity contribution >= 4 is 11.8 Å². The van der Waals surface area contributed by atoms with E-state index in [1.54, 1.807) is 6.92 Å². The summed E-state index contributed by atoms with van der Waals surface area (Å²) in [6.45, 7) is 3.80. The quantitative estimate of drug-likeness (QED) is 0.817. The summed E-state index contributed by atoms with van der Waals surface area (Å²) in [6, 6.07) is 0.00435. The third-order valence-electron chi connectivity index (χ3n) is 6.17. The van der Waals surface area contributed by atoms with E-state index in [1.807, 2.05) is 16.0 Å². The summed E-state index contributed by atoms with van der Waals surface area (Å²) in [4.78, 5) is 37.9. The molecule has 26 heavy (non-hydrogen) atoms. The minimum atomic E-state index is 0.00435. The van der Waals surface area contributed by atoms with E-state index < -0.39 is 0 Å². The molecule has 3 heterocycles. The van der Waals surface area contributed by atoms with Gasteiger partial charge < -0.3 is 9.80 Å². The number of aromatic nitrogens is 2. The second-order valence-corrected chi connectivity index (χ2v) is 7.92. The molecule has 0 radical (unpaired) electrons. The fraction of sp³-hybridized carbons (Fsp3) is 0.700. The topological polar surface area (TPSA) is 66.4 Å². The first-order valence-electron chi connectivity index (χ1n) is 10.0. The lowest BCUT2D eigenvalue weighted by Crippen LogP contribution is -2.40. The summed E-state index contributed by atoms with van der Waals surface area (Å²) < 4.78 is 0. The van der Waals surface area contributed by atoms with E-state index in [2.05, 4.69) is 4.98 Å². The zero-order valence-electron chi connectivity index (χ0n) is 15.6. The maximum atomic E-state index is 12.7. The van der Waals surface area contributed by atoms with E-state index in [1.165, 1.54) is 12.8 Å². The van der Waals surface area contributed by atoms with Crippen molar-refractivity contribution in [1.29, 1.82) is 0 Å². The Morgan fingerprint density at radius 3 is 2.62 bits per heavy atom. The normalized spacial score (nSPS) is 23.8. The van der Waals surface area contributed by atoms with E-state index in [-0.39, 0.29) is 17.9 Å². The fourth-order valence-electron chi connectivity index (χ4n) is 4.69.